The van der Waals surface area contributed by atoms with Gasteiger partial charge in [-0.15, -0.1) is 0 Å². The van der Waals surface area contributed by atoms with Crippen molar-refractivity contribution in [1.29, 1.82) is 0 Å². The first-order valence-electron chi connectivity index (χ1n) is 8.01. The Morgan fingerprint density at radius 2 is 2.05 bits per heavy atom. The monoisotopic (exact) mass is 290 g/mol. The molecule has 21 heavy (non-hydrogen) atoms. The standard InChI is InChI=1S/C17H26N2O2/c1-2-15(14-9-5-6-10-16(14)20)18-12-11-17(21)19-13-7-3-4-8-13/h5-6,9-10,13,15,18,20H,2-4,7-8,11-12H2,1H3,(H,19,21)/t15-/m1/s1. The summed E-state index contributed by atoms with van der Waals surface area (Å²) in [4.78, 5) is 11.9. The fraction of sp³-hybridized carbons (Fsp3) is 0.588. The molecule has 1 fully saturated rings. The molecule has 116 valence electrons. The molecule has 0 saturated heterocycles. The van der Waals surface area contributed by atoms with Gasteiger partial charge >= 0.3 is 0 Å². The molecule has 1 aliphatic carbocycles. The lowest BCUT2D eigenvalue weighted by Gasteiger charge is -2.19. The maximum absolute atomic E-state index is 11.9. The first-order chi connectivity index (χ1) is 10.2. The van der Waals surface area contributed by atoms with Crippen molar-refractivity contribution < 1.29 is 9.90 Å². The second-order valence-electron chi connectivity index (χ2n) is 5.77. The predicted molar refractivity (Wildman–Crippen MR) is 84.2 cm³/mol. The van der Waals surface area contributed by atoms with Crippen molar-refractivity contribution in [2.45, 2.75) is 57.5 Å². The molecule has 0 bridgehead atoms. The molecule has 1 atom stereocenters. The average Bonchev–Trinajstić information content (AvgIpc) is 2.97. The van der Waals surface area contributed by atoms with Crippen molar-refractivity contribution >= 4 is 5.91 Å². The van der Waals surface area contributed by atoms with Crippen LogP contribution in [0.15, 0.2) is 24.3 Å². The van der Waals surface area contributed by atoms with Crippen LogP contribution in [0.3, 0.4) is 0 Å². The molecule has 4 nitrogen and oxygen atoms in total. The van der Waals surface area contributed by atoms with Crippen molar-refractivity contribution in [3.8, 4) is 5.75 Å². The molecule has 0 aliphatic heterocycles. The van der Waals surface area contributed by atoms with Crippen molar-refractivity contribution in [3.63, 3.8) is 0 Å². The van der Waals surface area contributed by atoms with Crippen LogP contribution in [-0.2, 0) is 4.79 Å². The Bertz CT molecular complexity index is 456. The predicted octanol–water partition coefficient (Wildman–Crippen LogP) is 2.88. The zero-order chi connectivity index (χ0) is 15.1. The Hall–Kier alpha value is -1.55. The summed E-state index contributed by atoms with van der Waals surface area (Å²) in [7, 11) is 0. The van der Waals surface area contributed by atoms with Crippen LogP contribution in [0.4, 0.5) is 0 Å². The fourth-order valence-corrected chi connectivity index (χ4v) is 2.99. The van der Waals surface area contributed by atoms with E-state index in [9.17, 15) is 9.90 Å². The van der Waals surface area contributed by atoms with E-state index < -0.39 is 0 Å². The van der Waals surface area contributed by atoms with Gasteiger partial charge in [0.15, 0.2) is 0 Å². The van der Waals surface area contributed by atoms with Gasteiger partial charge < -0.3 is 15.7 Å². The van der Waals surface area contributed by atoms with Gasteiger partial charge in [-0.1, -0.05) is 38.0 Å². The number of hydrogen-bond acceptors (Lipinski definition) is 3. The van der Waals surface area contributed by atoms with Crippen LogP contribution in [-0.4, -0.2) is 23.6 Å². The number of rotatable bonds is 7. The quantitative estimate of drug-likeness (QED) is 0.723. The largest absolute Gasteiger partial charge is 0.508 e. The number of aromatic hydroxyl groups is 1. The summed E-state index contributed by atoms with van der Waals surface area (Å²) >= 11 is 0. The molecular weight excluding hydrogens is 264 g/mol. The first kappa shape index (κ1) is 15.8. The molecule has 2 rings (SSSR count). The number of carbonyl (C=O) groups is 1. The zero-order valence-electron chi connectivity index (χ0n) is 12.8. The van der Waals surface area contributed by atoms with Crippen LogP contribution in [0.25, 0.3) is 0 Å². The molecule has 1 amide bonds. The lowest BCUT2D eigenvalue weighted by Crippen LogP contribution is -2.35. The molecule has 0 heterocycles. The molecule has 0 aromatic heterocycles. The maximum Gasteiger partial charge on any atom is 0.221 e. The van der Waals surface area contributed by atoms with E-state index in [2.05, 4.69) is 17.6 Å². The summed E-state index contributed by atoms with van der Waals surface area (Å²) in [5.74, 6) is 0.439. The topological polar surface area (TPSA) is 61.4 Å². The van der Waals surface area contributed by atoms with Gasteiger partial charge in [0.05, 0.1) is 0 Å². The second-order valence-corrected chi connectivity index (χ2v) is 5.77. The Balaban J connectivity index is 1.75. The second kappa shape index (κ2) is 8.03. The van der Waals surface area contributed by atoms with Crippen LogP contribution in [0.5, 0.6) is 5.75 Å². The van der Waals surface area contributed by atoms with E-state index in [1.54, 1.807) is 6.07 Å². The number of phenols is 1. The molecule has 1 aromatic rings. The van der Waals surface area contributed by atoms with Crippen LogP contribution >= 0.6 is 0 Å². The number of nitrogens with one attached hydrogen (secondary N) is 2. The number of phenolic OH excluding ortho intramolecular Hbond substituents is 1. The van der Waals surface area contributed by atoms with Gasteiger partial charge in [0.2, 0.25) is 5.91 Å². The van der Waals surface area contributed by atoms with Crippen LogP contribution in [0.1, 0.15) is 57.1 Å². The van der Waals surface area contributed by atoms with Gasteiger partial charge in [-0.2, -0.15) is 0 Å². The summed E-state index contributed by atoms with van der Waals surface area (Å²) in [5, 5.41) is 16.3. The minimum Gasteiger partial charge on any atom is -0.508 e. The lowest BCUT2D eigenvalue weighted by atomic mass is 10.0. The van der Waals surface area contributed by atoms with E-state index in [-0.39, 0.29) is 11.9 Å². The van der Waals surface area contributed by atoms with Crippen molar-refractivity contribution in [2.75, 3.05) is 6.54 Å². The van der Waals surface area contributed by atoms with Crippen LogP contribution in [0.2, 0.25) is 0 Å². The Labute approximate surface area is 126 Å². The third-order valence-electron chi connectivity index (χ3n) is 4.18. The number of carbonyl (C=O) groups excluding carboxylic acids is 1. The highest BCUT2D eigenvalue weighted by molar-refractivity contribution is 5.76. The van der Waals surface area contributed by atoms with Gasteiger partial charge in [0, 0.05) is 30.6 Å². The summed E-state index contributed by atoms with van der Waals surface area (Å²) in [6.07, 6.45) is 6.06. The molecule has 0 spiro atoms. The highest BCUT2D eigenvalue weighted by Crippen LogP contribution is 2.25. The molecule has 3 N–H and O–H groups in total. The average molecular weight is 290 g/mol. The number of hydrogen-bond donors (Lipinski definition) is 3. The smallest absolute Gasteiger partial charge is 0.221 e. The van der Waals surface area contributed by atoms with Crippen molar-refractivity contribution in [3.05, 3.63) is 29.8 Å². The molecule has 1 aromatic carbocycles. The molecule has 4 heteroatoms. The van der Waals surface area contributed by atoms with Gasteiger partial charge in [-0.3, -0.25) is 4.79 Å². The van der Waals surface area contributed by atoms with Gasteiger partial charge in [-0.05, 0) is 25.3 Å². The van der Waals surface area contributed by atoms with E-state index in [1.807, 2.05) is 18.2 Å². The summed E-state index contributed by atoms with van der Waals surface area (Å²) < 4.78 is 0. The Morgan fingerprint density at radius 3 is 2.71 bits per heavy atom. The van der Waals surface area contributed by atoms with Crippen molar-refractivity contribution in [1.82, 2.24) is 10.6 Å². The molecule has 1 aliphatic rings. The van der Waals surface area contributed by atoms with Crippen molar-refractivity contribution in [2.24, 2.45) is 0 Å². The maximum atomic E-state index is 11.9. The minimum atomic E-state index is 0.0884. The first-order valence-corrected chi connectivity index (χ1v) is 8.01. The molecule has 0 unspecified atom stereocenters. The van der Waals surface area contributed by atoms with E-state index in [0.717, 1.165) is 24.8 Å². The molecule has 0 radical (unpaired) electrons. The summed E-state index contributed by atoms with van der Waals surface area (Å²) in [6, 6.07) is 7.84. The number of amides is 1. The van der Waals surface area contributed by atoms with Gasteiger partial charge in [0.25, 0.3) is 0 Å². The van der Waals surface area contributed by atoms with Crippen LogP contribution in [0, 0.1) is 0 Å². The third kappa shape index (κ3) is 4.74. The van der Waals surface area contributed by atoms with E-state index >= 15 is 0 Å². The van der Waals surface area contributed by atoms with E-state index in [1.165, 1.54) is 12.8 Å². The van der Waals surface area contributed by atoms with Gasteiger partial charge in [-0.25, -0.2) is 0 Å². The number of benzene rings is 1. The molecule has 1 saturated carbocycles. The van der Waals surface area contributed by atoms with Gasteiger partial charge in [0.1, 0.15) is 5.75 Å². The summed E-state index contributed by atoms with van der Waals surface area (Å²) in [6.45, 7) is 2.70. The lowest BCUT2D eigenvalue weighted by molar-refractivity contribution is -0.121. The SMILES string of the molecule is CC[C@@H](NCCC(=O)NC1CCCC1)c1ccccc1O. The summed E-state index contributed by atoms with van der Waals surface area (Å²) in [5.41, 5.74) is 0.899. The third-order valence-corrected chi connectivity index (χ3v) is 4.18. The fourth-order valence-electron chi connectivity index (χ4n) is 2.99. The highest BCUT2D eigenvalue weighted by atomic mass is 16.3. The zero-order valence-corrected chi connectivity index (χ0v) is 12.8. The Morgan fingerprint density at radius 1 is 1.33 bits per heavy atom. The molecular formula is C17H26N2O2. The van der Waals surface area contributed by atoms with Crippen LogP contribution < -0.4 is 10.6 Å². The minimum absolute atomic E-state index is 0.0884. The highest BCUT2D eigenvalue weighted by Gasteiger charge is 2.17. The Kier molecular flexibility index (Phi) is 6.05. The number of para-hydroxylation sites is 1. The normalized spacial score (nSPS) is 16.8. The van der Waals surface area contributed by atoms with E-state index in [0.29, 0.717) is 24.8 Å². The van der Waals surface area contributed by atoms with E-state index in [4.69, 9.17) is 0 Å².